The summed E-state index contributed by atoms with van der Waals surface area (Å²) in [6, 6.07) is 13.1. The van der Waals surface area contributed by atoms with Gasteiger partial charge in [-0.1, -0.05) is 18.2 Å². The summed E-state index contributed by atoms with van der Waals surface area (Å²) >= 11 is 0. The lowest BCUT2D eigenvalue weighted by atomic mass is 10.0. The van der Waals surface area contributed by atoms with E-state index in [2.05, 4.69) is 5.32 Å². The Morgan fingerprint density at radius 3 is 2.47 bits per heavy atom. The van der Waals surface area contributed by atoms with Gasteiger partial charge in [-0.2, -0.15) is 0 Å². The Balaban J connectivity index is 2.53. The molecule has 3 nitrogen and oxygen atoms in total. The molecule has 17 heavy (non-hydrogen) atoms. The van der Waals surface area contributed by atoms with Crippen LogP contribution in [0.2, 0.25) is 0 Å². The van der Waals surface area contributed by atoms with E-state index in [9.17, 15) is 5.11 Å². The SMILES string of the molecule is CNc1ccccc1-c1ccc(OC)cc1O. The van der Waals surface area contributed by atoms with E-state index in [0.717, 1.165) is 16.8 Å². The molecule has 0 heterocycles. The molecule has 2 aromatic carbocycles. The molecule has 0 atom stereocenters. The molecule has 0 saturated heterocycles. The number of benzene rings is 2. The molecule has 2 rings (SSSR count). The van der Waals surface area contributed by atoms with E-state index in [1.165, 1.54) is 0 Å². The van der Waals surface area contributed by atoms with Gasteiger partial charge in [0.05, 0.1) is 7.11 Å². The Hall–Kier alpha value is -2.16. The molecule has 0 amide bonds. The van der Waals surface area contributed by atoms with Crippen molar-refractivity contribution in [1.29, 1.82) is 0 Å². The Kier molecular flexibility index (Phi) is 3.19. The zero-order valence-corrected chi connectivity index (χ0v) is 9.90. The number of aromatic hydroxyl groups is 1. The van der Waals surface area contributed by atoms with Crippen LogP contribution in [-0.2, 0) is 0 Å². The molecule has 0 aliphatic carbocycles. The first-order valence-electron chi connectivity index (χ1n) is 5.40. The van der Waals surface area contributed by atoms with Gasteiger partial charge in [0.15, 0.2) is 0 Å². The van der Waals surface area contributed by atoms with Gasteiger partial charge in [0.1, 0.15) is 11.5 Å². The maximum atomic E-state index is 9.99. The topological polar surface area (TPSA) is 41.5 Å². The highest BCUT2D eigenvalue weighted by molar-refractivity contribution is 5.81. The Morgan fingerprint density at radius 2 is 1.82 bits per heavy atom. The third kappa shape index (κ3) is 2.18. The van der Waals surface area contributed by atoms with Crippen LogP contribution in [0.25, 0.3) is 11.1 Å². The fraction of sp³-hybridized carbons (Fsp3) is 0.143. The minimum Gasteiger partial charge on any atom is -0.507 e. The quantitative estimate of drug-likeness (QED) is 0.849. The maximum Gasteiger partial charge on any atom is 0.127 e. The van der Waals surface area contributed by atoms with Crippen LogP contribution in [0.3, 0.4) is 0 Å². The van der Waals surface area contributed by atoms with Crippen molar-refractivity contribution in [2.45, 2.75) is 0 Å². The van der Waals surface area contributed by atoms with E-state index >= 15 is 0 Å². The molecule has 0 radical (unpaired) electrons. The van der Waals surface area contributed by atoms with Gasteiger partial charge in [0.25, 0.3) is 0 Å². The lowest BCUT2D eigenvalue weighted by molar-refractivity contribution is 0.408. The number of hydrogen-bond donors (Lipinski definition) is 2. The highest BCUT2D eigenvalue weighted by Gasteiger charge is 2.08. The number of anilines is 1. The minimum absolute atomic E-state index is 0.215. The van der Waals surface area contributed by atoms with E-state index < -0.39 is 0 Å². The van der Waals surface area contributed by atoms with Gasteiger partial charge in [-0.05, 0) is 18.2 Å². The van der Waals surface area contributed by atoms with Crippen LogP contribution in [0.4, 0.5) is 5.69 Å². The predicted molar refractivity (Wildman–Crippen MR) is 69.6 cm³/mol. The number of para-hydroxylation sites is 1. The van der Waals surface area contributed by atoms with E-state index in [4.69, 9.17) is 4.74 Å². The summed E-state index contributed by atoms with van der Waals surface area (Å²) in [5.74, 6) is 0.861. The van der Waals surface area contributed by atoms with Crippen LogP contribution in [-0.4, -0.2) is 19.3 Å². The summed E-state index contributed by atoms with van der Waals surface area (Å²) in [4.78, 5) is 0. The average molecular weight is 229 g/mol. The minimum atomic E-state index is 0.215. The second-order valence-electron chi connectivity index (χ2n) is 3.68. The van der Waals surface area contributed by atoms with Gasteiger partial charge in [-0.15, -0.1) is 0 Å². The number of nitrogens with one attached hydrogen (secondary N) is 1. The van der Waals surface area contributed by atoms with Crippen LogP contribution in [0.5, 0.6) is 11.5 Å². The predicted octanol–water partition coefficient (Wildman–Crippen LogP) is 3.11. The molecule has 0 spiro atoms. The van der Waals surface area contributed by atoms with Crippen molar-refractivity contribution < 1.29 is 9.84 Å². The Morgan fingerprint density at radius 1 is 1.06 bits per heavy atom. The molecule has 3 heteroatoms. The van der Waals surface area contributed by atoms with Gasteiger partial charge in [-0.3, -0.25) is 0 Å². The monoisotopic (exact) mass is 229 g/mol. The van der Waals surface area contributed by atoms with E-state index in [0.29, 0.717) is 5.75 Å². The first-order chi connectivity index (χ1) is 8.26. The smallest absolute Gasteiger partial charge is 0.127 e. The molecule has 0 fully saturated rings. The van der Waals surface area contributed by atoms with Gasteiger partial charge in [0, 0.05) is 29.9 Å². The van der Waals surface area contributed by atoms with Crippen LogP contribution in [0, 0.1) is 0 Å². The Labute approximate surface area is 101 Å². The van der Waals surface area contributed by atoms with Crippen LogP contribution >= 0.6 is 0 Å². The molecular formula is C14H15NO2. The highest BCUT2D eigenvalue weighted by Crippen LogP contribution is 2.36. The van der Waals surface area contributed by atoms with Crippen LogP contribution in [0.15, 0.2) is 42.5 Å². The number of ether oxygens (including phenoxy) is 1. The number of hydrogen-bond acceptors (Lipinski definition) is 3. The van der Waals surface area contributed by atoms with Crippen molar-refractivity contribution in [3.05, 3.63) is 42.5 Å². The van der Waals surface area contributed by atoms with Gasteiger partial charge >= 0.3 is 0 Å². The summed E-state index contributed by atoms with van der Waals surface area (Å²) in [7, 11) is 3.44. The molecule has 0 aliphatic heterocycles. The zero-order chi connectivity index (χ0) is 12.3. The second kappa shape index (κ2) is 4.78. The summed E-state index contributed by atoms with van der Waals surface area (Å²) in [5.41, 5.74) is 2.74. The summed E-state index contributed by atoms with van der Waals surface area (Å²) < 4.78 is 5.07. The molecule has 2 aromatic rings. The number of phenols is 1. The second-order valence-corrected chi connectivity index (χ2v) is 3.68. The number of methoxy groups -OCH3 is 1. The standard InChI is InChI=1S/C14H15NO2/c1-15-13-6-4-3-5-11(13)12-8-7-10(17-2)9-14(12)16/h3-9,15-16H,1-2H3. The van der Waals surface area contributed by atoms with Crippen LogP contribution < -0.4 is 10.1 Å². The van der Waals surface area contributed by atoms with Crippen LogP contribution in [0.1, 0.15) is 0 Å². The van der Waals surface area contributed by atoms with Crippen molar-refractivity contribution >= 4 is 5.69 Å². The molecule has 0 bridgehead atoms. The van der Waals surface area contributed by atoms with E-state index in [-0.39, 0.29) is 5.75 Å². The molecule has 88 valence electrons. The Bertz CT molecular complexity index is 523. The fourth-order valence-electron chi connectivity index (χ4n) is 1.80. The van der Waals surface area contributed by atoms with Crippen molar-refractivity contribution in [3.8, 4) is 22.6 Å². The largest absolute Gasteiger partial charge is 0.507 e. The number of phenolic OH excluding ortho intramolecular Hbond substituents is 1. The van der Waals surface area contributed by atoms with Crippen molar-refractivity contribution in [1.82, 2.24) is 0 Å². The van der Waals surface area contributed by atoms with Gasteiger partial charge in [0.2, 0.25) is 0 Å². The summed E-state index contributed by atoms with van der Waals surface area (Å²) in [6.45, 7) is 0. The molecule has 0 unspecified atom stereocenters. The lowest BCUT2D eigenvalue weighted by Gasteiger charge is -2.11. The third-order valence-electron chi connectivity index (χ3n) is 2.69. The summed E-state index contributed by atoms with van der Waals surface area (Å²) in [5, 5.41) is 13.1. The third-order valence-corrected chi connectivity index (χ3v) is 2.69. The maximum absolute atomic E-state index is 9.99. The van der Waals surface area contributed by atoms with Crippen molar-refractivity contribution in [3.63, 3.8) is 0 Å². The van der Waals surface area contributed by atoms with Crippen molar-refractivity contribution in [2.75, 3.05) is 19.5 Å². The fourth-order valence-corrected chi connectivity index (χ4v) is 1.80. The van der Waals surface area contributed by atoms with Gasteiger partial charge < -0.3 is 15.2 Å². The number of rotatable bonds is 3. The molecule has 0 saturated carbocycles. The zero-order valence-electron chi connectivity index (χ0n) is 9.90. The molecule has 0 aromatic heterocycles. The average Bonchev–Trinajstić information content (AvgIpc) is 2.38. The van der Waals surface area contributed by atoms with E-state index in [1.807, 2.05) is 43.4 Å². The molecular weight excluding hydrogens is 214 g/mol. The first-order valence-corrected chi connectivity index (χ1v) is 5.40. The van der Waals surface area contributed by atoms with Crippen molar-refractivity contribution in [2.24, 2.45) is 0 Å². The molecule has 0 aliphatic rings. The lowest BCUT2D eigenvalue weighted by Crippen LogP contribution is -1.92. The summed E-state index contributed by atoms with van der Waals surface area (Å²) in [6.07, 6.45) is 0. The molecule has 2 N–H and O–H groups in total. The first kappa shape index (κ1) is 11.3. The van der Waals surface area contributed by atoms with Gasteiger partial charge in [-0.25, -0.2) is 0 Å². The van der Waals surface area contributed by atoms with E-state index in [1.54, 1.807) is 13.2 Å². The normalized spacial score (nSPS) is 10.0. The highest BCUT2D eigenvalue weighted by atomic mass is 16.5.